The highest BCUT2D eigenvalue weighted by Crippen LogP contribution is 2.21. The fraction of sp³-hybridized carbons (Fsp3) is 0.200. The van der Waals surface area contributed by atoms with Gasteiger partial charge in [0.05, 0.1) is 29.2 Å². The first-order valence-corrected chi connectivity index (χ1v) is 9.05. The van der Waals surface area contributed by atoms with Crippen molar-refractivity contribution in [3.05, 3.63) is 70.1 Å². The van der Waals surface area contributed by atoms with Crippen molar-refractivity contribution >= 4 is 29.3 Å². The van der Waals surface area contributed by atoms with Gasteiger partial charge in [-0.15, -0.1) is 0 Å². The van der Waals surface area contributed by atoms with Gasteiger partial charge in [0.2, 0.25) is 0 Å². The summed E-state index contributed by atoms with van der Waals surface area (Å²) >= 11 is 6.06. The van der Waals surface area contributed by atoms with Crippen LogP contribution in [0.15, 0.2) is 42.5 Å². The van der Waals surface area contributed by atoms with Gasteiger partial charge in [-0.2, -0.15) is 5.10 Å². The van der Waals surface area contributed by atoms with E-state index in [-0.39, 0.29) is 12.3 Å². The van der Waals surface area contributed by atoms with E-state index in [2.05, 4.69) is 15.4 Å². The van der Waals surface area contributed by atoms with E-state index in [9.17, 15) is 9.59 Å². The van der Waals surface area contributed by atoms with Crippen LogP contribution in [-0.4, -0.2) is 33.2 Å². The lowest BCUT2D eigenvalue weighted by atomic mass is 10.2. The van der Waals surface area contributed by atoms with Crippen LogP contribution >= 0.6 is 11.6 Å². The third-order valence-electron chi connectivity index (χ3n) is 3.94. The van der Waals surface area contributed by atoms with Gasteiger partial charge in [-0.25, -0.2) is 14.5 Å². The molecule has 144 valence electrons. The highest BCUT2D eigenvalue weighted by Gasteiger charge is 2.17. The van der Waals surface area contributed by atoms with Gasteiger partial charge in [0.15, 0.2) is 0 Å². The fourth-order valence-corrected chi connectivity index (χ4v) is 2.87. The maximum Gasteiger partial charge on any atom is 0.339 e. The first-order chi connectivity index (χ1) is 13.4. The van der Waals surface area contributed by atoms with Crippen LogP contribution in [0.1, 0.15) is 39.2 Å². The normalized spacial score (nSPS) is 10.6. The standard InChI is InChI=1S/C20H19ClN4O3/c1-4-28-20(27)16-8-9-17(22-13(16)3)19(26)23-18-10-12(2)24-25(18)15-7-5-6-14(21)11-15/h5-11H,4H2,1-3H3,(H,23,26). The van der Waals surface area contributed by atoms with Crippen LogP contribution in [0, 0.1) is 13.8 Å². The number of halogens is 1. The molecule has 0 fully saturated rings. The van der Waals surface area contributed by atoms with Crippen LogP contribution in [0.3, 0.4) is 0 Å². The number of rotatable bonds is 5. The molecular weight excluding hydrogens is 380 g/mol. The molecule has 3 aromatic rings. The Hall–Kier alpha value is -3.19. The van der Waals surface area contributed by atoms with E-state index >= 15 is 0 Å². The molecule has 0 bridgehead atoms. The molecule has 2 aromatic heterocycles. The zero-order valence-electron chi connectivity index (χ0n) is 15.7. The second-order valence-corrected chi connectivity index (χ2v) is 6.50. The van der Waals surface area contributed by atoms with Crippen molar-refractivity contribution in [1.29, 1.82) is 0 Å². The number of benzene rings is 1. The van der Waals surface area contributed by atoms with Gasteiger partial charge in [-0.3, -0.25) is 4.79 Å². The molecule has 0 aliphatic carbocycles. The average molecular weight is 399 g/mol. The monoisotopic (exact) mass is 398 g/mol. The molecule has 0 saturated carbocycles. The zero-order valence-corrected chi connectivity index (χ0v) is 16.4. The Bertz CT molecular complexity index is 1050. The fourth-order valence-electron chi connectivity index (χ4n) is 2.69. The van der Waals surface area contributed by atoms with Crippen molar-refractivity contribution < 1.29 is 14.3 Å². The van der Waals surface area contributed by atoms with Crippen LogP contribution in [0.2, 0.25) is 5.02 Å². The van der Waals surface area contributed by atoms with Gasteiger partial charge in [0.25, 0.3) is 5.91 Å². The van der Waals surface area contributed by atoms with Crippen LogP contribution in [0.4, 0.5) is 5.82 Å². The number of nitrogens with zero attached hydrogens (tertiary/aromatic N) is 3. The highest BCUT2D eigenvalue weighted by atomic mass is 35.5. The van der Waals surface area contributed by atoms with Crippen molar-refractivity contribution in [3.8, 4) is 5.69 Å². The number of aryl methyl sites for hydroxylation is 2. The predicted octanol–water partition coefficient (Wildman–Crippen LogP) is 3.97. The van der Waals surface area contributed by atoms with E-state index in [1.807, 2.05) is 13.0 Å². The van der Waals surface area contributed by atoms with Gasteiger partial charge in [-0.05, 0) is 51.1 Å². The molecule has 0 spiro atoms. The smallest absolute Gasteiger partial charge is 0.339 e. The summed E-state index contributed by atoms with van der Waals surface area (Å²) in [6.07, 6.45) is 0. The Morgan fingerprint density at radius 1 is 1.18 bits per heavy atom. The van der Waals surface area contributed by atoms with E-state index in [1.165, 1.54) is 12.1 Å². The van der Waals surface area contributed by atoms with Crippen LogP contribution in [-0.2, 0) is 4.74 Å². The average Bonchev–Trinajstić information content (AvgIpc) is 3.02. The molecule has 28 heavy (non-hydrogen) atoms. The number of hydrogen-bond acceptors (Lipinski definition) is 5. The Kier molecular flexibility index (Phi) is 5.75. The molecule has 0 unspecified atom stereocenters. The summed E-state index contributed by atoms with van der Waals surface area (Å²) in [6, 6.07) is 11.9. The predicted molar refractivity (Wildman–Crippen MR) is 106 cm³/mol. The molecule has 0 saturated heterocycles. The maximum atomic E-state index is 12.7. The SMILES string of the molecule is CCOC(=O)c1ccc(C(=O)Nc2cc(C)nn2-c2cccc(Cl)c2)nc1C. The zero-order chi connectivity index (χ0) is 20.3. The molecule has 0 atom stereocenters. The summed E-state index contributed by atoms with van der Waals surface area (Å²) in [5, 5.41) is 7.78. The Labute approximate surface area is 167 Å². The van der Waals surface area contributed by atoms with Gasteiger partial charge >= 0.3 is 5.97 Å². The molecule has 0 aliphatic heterocycles. The summed E-state index contributed by atoms with van der Waals surface area (Å²) in [5.41, 5.74) is 2.39. The Balaban J connectivity index is 1.86. The lowest BCUT2D eigenvalue weighted by Gasteiger charge is -2.10. The molecule has 1 aromatic carbocycles. The van der Waals surface area contributed by atoms with E-state index in [1.54, 1.807) is 42.8 Å². The number of carbonyl (C=O) groups excluding carboxylic acids is 2. The molecule has 0 radical (unpaired) electrons. The Morgan fingerprint density at radius 3 is 2.64 bits per heavy atom. The molecule has 1 N–H and O–H groups in total. The molecule has 7 nitrogen and oxygen atoms in total. The lowest BCUT2D eigenvalue weighted by Crippen LogP contribution is -2.18. The minimum atomic E-state index is -0.464. The second kappa shape index (κ2) is 8.22. The van der Waals surface area contributed by atoms with E-state index < -0.39 is 11.9 Å². The molecule has 1 amide bonds. The van der Waals surface area contributed by atoms with Crippen LogP contribution in [0.25, 0.3) is 5.69 Å². The number of ether oxygens (including phenoxy) is 1. The van der Waals surface area contributed by atoms with Crippen molar-refractivity contribution in [2.24, 2.45) is 0 Å². The van der Waals surface area contributed by atoms with Crippen molar-refractivity contribution in [1.82, 2.24) is 14.8 Å². The number of carbonyl (C=O) groups is 2. The van der Waals surface area contributed by atoms with Crippen LogP contribution in [0.5, 0.6) is 0 Å². The topological polar surface area (TPSA) is 86.1 Å². The second-order valence-electron chi connectivity index (χ2n) is 6.07. The maximum absolute atomic E-state index is 12.7. The number of nitrogens with one attached hydrogen (secondary N) is 1. The third-order valence-corrected chi connectivity index (χ3v) is 4.17. The minimum absolute atomic E-state index is 0.182. The quantitative estimate of drug-likeness (QED) is 0.657. The molecule has 8 heteroatoms. The van der Waals surface area contributed by atoms with Crippen molar-refractivity contribution in [2.75, 3.05) is 11.9 Å². The summed E-state index contributed by atoms with van der Waals surface area (Å²) in [4.78, 5) is 28.8. The van der Waals surface area contributed by atoms with Crippen LogP contribution < -0.4 is 5.32 Å². The van der Waals surface area contributed by atoms with Gasteiger partial charge in [-0.1, -0.05) is 17.7 Å². The number of anilines is 1. The number of esters is 1. The molecular formula is C20H19ClN4O3. The van der Waals surface area contributed by atoms with Crippen molar-refractivity contribution in [3.63, 3.8) is 0 Å². The Morgan fingerprint density at radius 2 is 1.96 bits per heavy atom. The van der Waals surface area contributed by atoms with E-state index in [4.69, 9.17) is 16.3 Å². The van der Waals surface area contributed by atoms with E-state index in [0.29, 0.717) is 22.1 Å². The summed E-state index contributed by atoms with van der Waals surface area (Å²) in [7, 11) is 0. The number of aromatic nitrogens is 3. The molecule has 2 heterocycles. The highest BCUT2D eigenvalue weighted by molar-refractivity contribution is 6.30. The number of amides is 1. The third kappa shape index (κ3) is 4.20. The lowest BCUT2D eigenvalue weighted by molar-refractivity contribution is 0.0524. The van der Waals surface area contributed by atoms with Gasteiger partial charge < -0.3 is 10.1 Å². The van der Waals surface area contributed by atoms with Gasteiger partial charge in [0, 0.05) is 11.1 Å². The first kappa shape index (κ1) is 19.6. The summed E-state index contributed by atoms with van der Waals surface area (Å²) in [6.45, 7) is 5.48. The molecule has 3 rings (SSSR count). The van der Waals surface area contributed by atoms with E-state index in [0.717, 1.165) is 11.4 Å². The minimum Gasteiger partial charge on any atom is -0.462 e. The molecule has 0 aliphatic rings. The van der Waals surface area contributed by atoms with Crippen molar-refractivity contribution in [2.45, 2.75) is 20.8 Å². The van der Waals surface area contributed by atoms with Gasteiger partial charge in [0.1, 0.15) is 11.5 Å². The summed E-state index contributed by atoms with van der Waals surface area (Å²) < 4.78 is 6.58. The summed E-state index contributed by atoms with van der Waals surface area (Å²) in [5.74, 6) is -0.394. The number of hydrogen-bond donors (Lipinski definition) is 1. The number of pyridine rings is 1. The first-order valence-electron chi connectivity index (χ1n) is 8.67. The largest absolute Gasteiger partial charge is 0.462 e.